The monoisotopic (exact) mass is 256 g/mol. The summed E-state index contributed by atoms with van der Waals surface area (Å²) in [5.41, 5.74) is 0. The molecule has 1 heterocycles. The molecular weight excluding hydrogens is 240 g/mol. The van der Waals surface area contributed by atoms with Crippen molar-refractivity contribution in [1.82, 2.24) is 4.98 Å². The lowest BCUT2D eigenvalue weighted by Crippen LogP contribution is -2.24. The molecule has 1 aromatic heterocycles. The summed E-state index contributed by atoms with van der Waals surface area (Å²) in [5.74, 6) is 1.74. The van der Waals surface area contributed by atoms with E-state index in [0.29, 0.717) is 5.92 Å². The van der Waals surface area contributed by atoms with Gasteiger partial charge in [-0.3, -0.25) is 0 Å². The lowest BCUT2D eigenvalue weighted by atomic mass is 10.1. The Morgan fingerprint density at radius 1 is 1.50 bits per heavy atom. The fourth-order valence-corrected chi connectivity index (χ4v) is 1.63. The van der Waals surface area contributed by atoms with Gasteiger partial charge in [-0.1, -0.05) is 26.3 Å². The SMILES string of the molecule is CCC(C)CN(C)c1cccc(Br)n1. The first kappa shape index (κ1) is 11.5. The molecule has 2 nitrogen and oxygen atoms in total. The summed E-state index contributed by atoms with van der Waals surface area (Å²) >= 11 is 3.38. The van der Waals surface area contributed by atoms with Crippen LogP contribution < -0.4 is 4.90 Å². The van der Waals surface area contributed by atoms with Crippen LogP contribution in [0.15, 0.2) is 22.8 Å². The van der Waals surface area contributed by atoms with E-state index in [9.17, 15) is 0 Å². The van der Waals surface area contributed by atoms with Crippen molar-refractivity contribution in [3.63, 3.8) is 0 Å². The van der Waals surface area contributed by atoms with E-state index >= 15 is 0 Å². The molecule has 1 rings (SSSR count). The topological polar surface area (TPSA) is 16.1 Å². The highest BCUT2D eigenvalue weighted by Crippen LogP contribution is 2.15. The quantitative estimate of drug-likeness (QED) is 0.769. The summed E-state index contributed by atoms with van der Waals surface area (Å²) < 4.78 is 0.894. The molecule has 14 heavy (non-hydrogen) atoms. The molecule has 0 aliphatic carbocycles. The van der Waals surface area contributed by atoms with E-state index in [-0.39, 0.29) is 0 Å². The zero-order chi connectivity index (χ0) is 10.6. The van der Waals surface area contributed by atoms with Gasteiger partial charge in [-0.25, -0.2) is 4.98 Å². The Balaban J connectivity index is 2.64. The van der Waals surface area contributed by atoms with Gasteiger partial charge in [-0.15, -0.1) is 0 Å². The van der Waals surface area contributed by atoms with Gasteiger partial charge in [0, 0.05) is 13.6 Å². The van der Waals surface area contributed by atoms with Crippen molar-refractivity contribution >= 4 is 21.7 Å². The third kappa shape index (κ3) is 3.29. The fourth-order valence-electron chi connectivity index (χ4n) is 1.30. The van der Waals surface area contributed by atoms with E-state index in [0.717, 1.165) is 17.0 Å². The first-order valence-electron chi connectivity index (χ1n) is 4.97. The van der Waals surface area contributed by atoms with Crippen molar-refractivity contribution in [1.29, 1.82) is 0 Å². The van der Waals surface area contributed by atoms with Crippen LogP contribution in [0.5, 0.6) is 0 Å². The molecule has 0 aliphatic rings. The maximum Gasteiger partial charge on any atom is 0.129 e. The molecule has 78 valence electrons. The second-order valence-corrected chi connectivity index (χ2v) is 4.52. The van der Waals surface area contributed by atoms with E-state index in [1.165, 1.54) is 6.42 Å². The first-order valence-corrected chi connectivity index (χ1v) is 5.76. The lowest BCUT2D eigenvalue weighted by molar-refractivity contribution is 0.557. The van der Waals surface area contributed by atoms with Gasteiger partial charge in [0.2, 0.25) is 0 Å². The van der Waals surface area contributed by atoms with Crippen molar-refractivity contribution < 1.29 is 0 Å². The van der Waals surface area contributed by atoms with Gasteiger partial charge >= 0.3 is 0 Å². The third-order valence-corrected chi connectivity index (χ3v) is 2.82. The van der Waals surface area contributed by atoms with Crippen molar-refractivity contribution in [3.05, 3.63) is 22.8 Å². The minimum Gasteiger partial charge on any atom is -0.359 e. The maximum atomic E-state index is 4.40. The molecule has 1 atom stereocenters. The Hall–Kier alpha value is -0.570. The number of hydrogen-bond acceptors (Lipinski definition) is 2. The molecule has 0 bridgehead atoms. The van der Waals surface area contributed by atoms with Gasteiger partial charge in [0.25, 0.3) is 0 Å². The standard InChI is InChI=1S/C11H17BrN2/c1-4-9(2)8-14(3)11-7-5-6-10(12)13-11/h5-7,9H,4,8H2,1-3H3. The zero-order valence-corrected chi connectivity index (χ0v) is 10.6. The first-order chi connectivity index (χ1) is 6.63. The number of hydrogen-bond donors (Lipinski definition) is 0. The number of pyridine rings is 1. The van der Waals surface area contributed by atoms with E-state index in [4.69, 9.17) is 0 Å². The predicted molar refractivity (Wildman–Crippen MR) is 64.7 cm³/mol. The van der Waals surface area contributed by atoms with Crippen molar-refractivity contribution in [2.45, 2.75) is 20.3 Å². The van der Waals surface area contributed by atoms with Crippen LogP contribution in [0, 0.1) is 5.92 Å². The largest absolute Gasteiger partial charge is 0.359 e. The van der Waals surface area contributed by atoms with Crippen LogP contribution in [-0.4, -0.2) is 18.6 Å². The number of anilines is 1. The van der Waals surface area contributed by atoms with Crippen LogP contribution in [0.3, 0.4) is 0 Å². The number of halogens is 1. The van der Waals surface area contributed by atoms with Crippen LogP contribution in [0.4, 0.5) is 5.82 Å². The van der Waals surface area contributed by atoms with Crippen molar-refractivity contribution in [3.8, 4) is 0 Å². The van der Waals surface area contributed by atoms with Gasteiger partial charge in [0.15, 0.2) is 0 Å². The van der Waals surface area contributed by atoms with Crippen molar-refractivity contribution in [2.24, 2.45) is 5.92 Å². The number of rotatable bonds is 4. The average Bonchev–Trinajstić information content (AvgIpc) is 2.17. The zero-order valence-electron chi connectivity index (χ0n) is 9.00. The maximum absolute atomic E-state index is 4.40. The number of aromatic nitrogens is 1. The molecule has 0 fully saturated rings. The van der Waals surface area contributed by atoms with Crippen LogP contribution in [0.1, 0.15) is 20.3 Å². The molecular formula is C11H17BrN2. The molecule has 0 saturated carbocycles. The lowest BCUT2D eigenvalue weighted by Gasteiger charge is -2.21. The van der Waals surface area contributed by atoms with E-state index < -0.39 is 0 Å². The van der Waals surface area contributed by atoms with E-state index in [1.54, 1.807) is 0 Å². The minimum atomic E-state index is 0.709. The Labute approximate surface area is 94.5 Å². The fraction of sp³-hybridized carbons (Fsp3) is 0.545. The second-order valence-electron chi connectivity index (χ2n) is 3.71. The normalized spacial score (nSPS) is 12.6. The van der Waals surface area contributed by atoms with E-state index in [1.807, 2.05) is 18.2 Å². The van der Waals surface area contributed by atoms with Crippen LogP contribution >= 0.6 is 15.9 Å². The number of nitrogens with zero attached hydrogens (tertiary/aromatic N) is 2. The molecule has 0 radical (unpaired) electrons. The molecule has 0 saturated heterocycles. The summed E-state index contributed by atoms with van der Waals surface area (Å²) in [6, 6.07) is 5.99. The average molecular weight is 257 g/mol. The molecule has 0 spiro atoms. The summed E-state index contributed by atoms with van der Waals surface area (Å²) in [6.07, 6.45) is 1.21. The van der Waals surface area contributed by atoms with Crippen LogP contribution in [-0.2, 0) is 0 Å². The molecule has 1 aromatic rings. The Kier molecular flexibility index (Phi) is 4.39. The highest BCUT2D eigenvalue weighted by atomic mass is 79.9. The van der Waals surface area contributed by atoms with Gasteiger partial charge in [0.05, 0.1) is 0 Å². The summed E-state index contributed by atoms with van der Waals surface area (Å²) in [5, 5.41) is 0. The van der Waals surface area contributed by atoms with Gasteiger partial charge in [-0.05, 0) is 34.0 Å². The Morgan fingerprint density at radius 3 is 2.79 bits per heavy atom. The molecule has 0 aromatic carbocycles. The molecule has 0 N–H and O–H groups in total. The molecule has 0 aliphatic heterocycles. The van der Waals surface area contributed by atoms with Crippen LogP contribution in [0.2, 0.25) is 0 Å². The minimum absolute atomic E-state index is 0.709. The molecule has 1 unspecified atom stereocenters. The highest BCUT2D eigenvalue weighted by Gasteiger charge is 2.06. The predicted octanol–water partition coefficient (Wildman–Crippen LogP) is 3.33. The second kappa shape index (κ2) is 5.35. The van der Waals surface area contributed by atoms with E-state index in [2.05, 4.69) is 46.7 Å². The van der Waals surface area contributed by atoms with Gasteiger partial charge in [-0.2, -0.15) is 0 Å². The Morgan fingerprint density at radius 2 is 2.21 bits per heavy atom. The molecule has 0 amide bonds. The van der Waals surface area contributed by atoms with Gasteiger partial charge in [0.1, 0.15) is 10.4 Å². The summed E-state index contributed by atoms with van der Waals surface area (Å²) in [4.78, 5) is 6.60. The summed E-state index contributed by atoms with van der Waals surface area (Å²) in [6.45, 7) is 5.53. The van der Waals surface area contributed by atoms with Crippen molar-refractivity contribution in [2.75, 3.05) is 18.5 Å². The highest BCUT2D eigenvalue weighted by molar-refractivity contribution is 9.10. The smallest absolute Gasteiger partial charge is 0.129 e. The molecule has 3 heteroatoms. The Bertz CT molecular complexity index is 288. The third-order valence-electron chi connectivity index (χ3n) is 2.37. The summed E-state index contributed by atoms with van der Waals surface area (Å²) in [7, 11) is 2.08. The van der Waals surface area contributed by atoms with Gasteiger partial charge < -0.3 is 4.90 Å². The van der Waals surface area contributed by atoms with Crippen LogP contribution in [0.25, 0.3) is 0 Å².